The van der Waals surface area contributed by atoms with Crippen LogP contribution in [0.4, 0.5) is 5.82 Å². The zero-order chi connectivity index (χ0) is 18.4. The highest BCUT2D eigenvalue weighted by atomic mass is 32.1. The van der Waals surface area contributed by atoms with Crippen LogP contribution in [-0.4, -0.2) is 43.6 Å². The number of nitrogens with zero attached hydrogens (tertiary/aromatic N) is 6. The minimum atomic E-state index is 0.0462. The van der Waals surface area contributed by atoms with Gasteiger partial charge in [0.05, 0.1) is 29.2 Å². The third-order valence-electron chi connectivity index (χ3n) is 5.16. The Morgan fingerprint density at radius 3 is 2.74 bits per heavy atom. The molecule has 0 unspecified atom stereocenters. The first-order chi connectivity index (χ1) is 13.2. The molecular formula is C19H20N6OS. The van der Waals surface area contributed by atoms with Gasteiger partial charge in [-0.25, -0.2) is 14.6 Å². The molecule has 5 heterocycles. The minimum Gasteiger partial charge on any atom is -0.356 e. The molecule has 0 N–H and O–H groups in total. The number of aromatic nitrogens is 4. The number of fused-ring (bicyclic) bond motifs is 3. The number of hydrogen-bond donors (Lipinski definition) is 0. The second-order valence-corrected chi connectivity index (χ2v) is 7.99. The Hall–Kier alpha value is -2.74. The Kier molecular flexibility index (Phi) is 3.93. The van der Waals surface area contributed by atoms with E-state index in [0.717, 1.165) is 46.4 Å². The number of amides is 1. The highest BCUT2D eigenvalue weighted by Crippen LogP contribution is 2.31. The van der Waals surface area contributed by atoms with Crippen molar-refractivity contribution in [2.24, 2.45) is 0 Å². The highest BCUT2D eigenvalue weighted by molar-refractivity contribution is 7.12. The Labute approximate surface area is 161 Å². The molecule has 0 spiro atoms. The lowest BCUT2D eigenvalue weighted by Gasteiger charge is -2.24. The van der Waals surface area contributed by atoms with Crippen LogP contribution in [-0.2, 0) is 13.1 Å². The summed E-state index contributed by atoms with van der Waals surface area (Å²) in [6, 6.07) is 3.91. The first-order valence-corrected chi connectivity index (χ1v) is 10.0. The lowest BCUT2D eigenvalue weighted by Crippen LogP contribution is -2.30. The molecule has 138 valence electrons. The quantitative estimate of drug-likeness (QED) is 0.684. The summed E-state index contributed by atoms with van der Waals surface area (Å²) in [5.74, 6) is 1.76. The average Bonchev–Trinajstić information content (AvgIpc) is 3.41. The maximum Gasteiger partial charge on any atom is 0.264 e. The van der Waals surface area contributed by atoms with Crippen molar-refractivity contribution in [2.45, 2.75) is 32.9 Å². The topological polar surface area (TPSA) is 67.2 Å². The molecule has 0 atom stereocenters. The second-order valence-electron chi connectivity index (χ2n) is 7.08. The van der Waals surface area contributed by atoms with Gasteiger partial charge in [-0.1, -0.05) is 0 Å². The van der Waals surface area contributed by atoms with Crippen LogP contribution < -0.4 is 4.90 Å². The largest absolute Gasteiger partial charge is 0.356 e. The predicted molar refractivity (Wildman–Crippen MR) is 103 cm³/mol. The van der Waals surface area contributed by atoms with E-state index in [2.05, 4.69) is 20.0 Å². The third kappa shape index (κ3) is 2.80. The number of thiophene rings is 1. The van der Waals surface area contributed by atoms with Gasteiger partial charge in [-0.05, 0) is 42.8 Å². The van der Waals surface area contributed by atoms with E-state index in [4.69, 9.17) is 0 Å². The Balaban J connectivity index is 1.61. The second kappa shape index (κ2) is 6.45. The van der Waals surface area contributed by atoms with Gasteiger partial charge in [0.15, 0.2) is 5.82 Å². The van der Waals surface area contributed by atoms with Crippen molar-refractivity contribution in [3.8, 4) is 5.82 Å². The molecule has 3 aromatic heterocycles. The fraction of sp³-hybridized carbons (Fsp3) is 0.368. The van der Waals surface area contributed by atoms with E-state index >= 15 is 0 Å². The van der Waals surface area contributed by atoms with E-state index in [9.17, 15) is 4.79 Å². The summed E-state index contributed by atoms with van der Waals surface area (Å²) in [7, 11) is 0. The zero-order valence-corrected chi connectivity index (χ0v) is 15.9. The maximum absolute atomic E-state index is 13.2. The fourth-order valence-corrected chi connectivity index (χ4v) is 4.71. The fourth-order valence-electron chi connectivity index (χ4n) is 3.85. The SMILES string of the molecule is Cc1csc(C(=O)N2Cc3c(N4CCCC4)ncnc3-n3nccc3C2)c1. The summed E-state index contributed by atoms with van der Waals surface area (Å²) in [5.41, 5.74) is 3.05. The van der Waals surface area contributed by atoms with Gasteiger partial charge in [-0.15, -0.1) is 11.3 Å². The molecule has 1 saturated heterocycles. The van der Waals surface area contributed by atoms with Crippen LogP contribution in [0.2, 0.25) is 0 Å². The molecule has 1 amide bonds. The van der Waals surface area contributed by atoms with Crippen molar-refractivity contribution in [2.75, 3.05) is 18.0 Å². The zero-order valence-electron chi connectivity index (χ0n) is 15.1. The standard InChI is InChI=1S/C19H20N6OS/c1-13-8-16(27-11-13)19(26)24-9-14-4-5-22-25(14)18-15(10-24)17(20-12-21-18)23-6-2-3-7-23/h4-5,8,11-12H,2-3,6-7,9-10H2,1H3. The lowest BCUT2D eigenvalue weighted by atomic mass is 10.2. The molecule has 2 aliphatic heterocycles. The molecule has 8 heteroatoms. The molecule has 27 heavy (non-hydrogen) atoms. The van der Waals surface area contributed by atoms with Gasteiger partial charge in [-0.2, -0.15) is 5.10 Å². The molecule has 0 aliphatic carbocycles. The van der Waals surface area contributed by atoms with Crippen molar-refractivity contribution in [3.63, 3.8) is 0 Å². The van der Waals surface area contributed by atoms with Crippen LogP contribution in [0.3, 0.4) is 0 Å². The first-order valence-electron chi connectivity index (χ1n) is 9.17. The van der Waals surface area contributed by atoms with Gasteiger partial charge in [0.25, 0.3) is 5.91 Å². The van der Waals surface area contributed by atoms with Gasteiger partial charge in [-0.3, -0.25) is 4.79 Å². The van der Waals surface area contributed by atoms with E-state index in [-0.39, 0.29) is 5.91 Å². The smallest absolute Gasteiger partial charge is 0.264 e. The number of hydrogen-bond acceptors (Lipinski definition) is 6. The Morgan fingerprint density at radius 2 is 1.96 bits per heavy atom. The van der Waals surface area contributed by atoms with Crippen molar-refractivity contribution < 1.29 is 4.79 Å². The van der Waals surface area contributed by atoms with Crippen LogP contribution >= 0.6 is 11.3 Å². The monoisotopic (exact) mass is 380 g/mol. The summed E-state index contributed by atoms with van der Waals surface area (Å²) in [4.78, 5) is 27.2. The number of aryl methyl sites for hydroxylation is 1. The highest BCUT2D eigenvalue weighted by Gasteiger charge is 2.29. The van der Waals surface area contributed by atoms with E-state index in [1.54, 1.807) is 12.5 Å². The van der Waals surface area contributed by atoms with E-state index in [0.29, 0.717) is 13.1 Å². The van der Waals surface area contributed by atoms with E-state index in [1.165, 1.54) is 24.2 Å². The van der Waals surface area contributed by atoms with Crippen LogP contribution in [0.15, 0.2) is 30.0 Å². The summed E-state index contributed by atoms with van der Waals surface area (Å²) in [6.07, 6.45) is 5.71. The normalized spacial score (nSPS) is 16.2. The summed E-state index contributed by atoms with van der Waals surface area (Å²) < 4.78 is 1.85. The molecule has 2 aliphatic rings. The van der Waals surface area contributed by atoms with Crippen molar-refractivity contribution in [1.82, 2.24) is 24.6 Å². The molecule has 3 aromatic rings. The van der Waals surface area contributed by atoms with Crippen LogP contribution in [0.1, 0.15) is 39.3 Å². The molecule has 0 radical (unpaired) electrons. The molecule has 1 fully saturated rings. The summed E-state index contributed by atoms with van der Waals surface area (Å²) in [5, 5.41) is 6.48. The van der Waals surface area contributed by atoms with Gasteiger partial charge >= 0.3 is 0 Å². The van der Waals surface area contributed by atoms with Crippen molar-refractivity contribution >= 4 is 23.1 Å². The summed E-state index contributed by atoms with van der Waals surface area (Å²) in [6.45, 7) is 4.99. The molecule has 0 aromatic carbocycles. The average molecular weight is 380 g/mol. The summed E-state index contributed by atoms with van der Waals surface area (Å²) >= 11 is 1.50. The molecule has 7 nitrogen and oxygen atoms in total. The maximum atomic E-state index is 13.2. The predicted octanol–water partition coefficient (Wildman–Crippen LogP) is 2.79. The van der Waals surface area contributed by atoms with Gasteiger partial charge < -0.3 is 9.80 Å². The van der Waals surface area contributed by atoms with Crippen LogP contribution in [0.25, 0.3) is 5.82 Å². The lowest BCUT2D eigenvalue weighted by molar-refractivity contribution is 0.0735. The molecule has 0 saturated carbocycles. The molecule has 5 rings (SSSR count). The Morgan fingerprint density at radius 1 is 1.15 bits per heavy atom. The Bertz CT molecular complexity index is 1000. The van der Waals surface area contributed by atoms with Crippen molar-refractivity contribution in [1.29, 1.82) is 0 Å². The number of carbonyl (C=O) groups is 1. The van der Waals surface area contributed by atoms with E-state index < -0.39 is 0 Å². The first kappa shape index (κ1) is 16.4. The van der Waals surface area contributed by atoms with E-state index in [1.807, 2.05) is 34.0 Å². The van der Waals surface area contributed by atoms with Gasteiger partial charge in [0.2, 0.25) is 0 Å². The minimum absolute atomic E-state index is 0.0462. The number of anilines is 1. The van der Waals surface area contributed by atoms with Crippen LogP contribution in [0, 0.1) is 6.92 Å². The number of rotatable bonds is 2. The molecule has 0 bridgehead atoms. The number of carbonyl (C=O) groups excluding carboxylic acids is 1. The van der Waals surface area contributed by atoms with Gasteiger partial charge in [0, 0.05) is 19.3 Å². The molecular weight excluding hydrogens is 360 g/mol. The van der Waals surface area contributed by atoms with Gasteiger partial charge in [0.1, 0.15) is 12.1 Å². The van der Waals surface area contributed by atoms with Crippen LogP contribution in [0.5, 0.6) is 0 Å². The van der Waals surface area contributed by atoms with Crippen molar-refractivity contribution in [3.05, 3.63) is 51.7 Å². The third-order valence-corrected chi connectivity index (χ3v) is 6.19.